The maximum absolute atomic E-state index is 13.5. The molecule has 2 aromatic carbocycles. The second-order valence-corrected chi connectivity index (χ2v) is 6.48. The maximum atomic E-state index is 13.5. The normalized spacial score (nSPS) is 19.9. The Balaban J connectivity index is 1.40. The number of hydrogen-bond acceptors (Lipinski definition) is 3. The summed E-state index contributed by atoms with van der Waals surface area (Å²) >= 11 is 0. The highest BCUT2D eigenvalue weighted by Crippen LogP contribution is 2.38. The molecule has 0 spiro atoms. The van der Waals surface area contributed by atoms with E-state index < -0.39 is 0 Å². The summed E-state index contributed by atoms with van der Waals surface area (Å²) in [4.78, 5) is 0. The third-order valence-electron chi connectivity index (χ3n) is 4.72. The SMILES string of the molecule is COc1ccc(F)cc1[C@@H]1CC[C@@H](CCNCCc2ccccc2)O1. The fraction of sp³-hybridized carbons (Fsp3) is 0.429. The highest BCUT2D eigenvalue weighted by atomic mass is 19.1. The highest BCUT2D eigenvalue weighted by molar-refractivity contribution is 5.36. The Hall–Kier alpha value is -1.91. The van der Waals surface area contributed by atoms with Crippen LogP contribution in [-0.4, -0.2) is 26.3 Å². The lowest BCUT2D eigenvalue weighted by Gasteiger charge is -2.17. The van der Waals surface area contributed by atoms with E-state index >= 15 is 0 Å². The summed E-state index contributed by atoms with van der Waals surface area (Å²) in [5.41, 5.74) is 2.17. The Kier molecular flexibility index (Phi) is 6.42. The summed E-state index contributed by atoms with van der Waals surface area (Å²) in [6.07, 6.45) is 4.08. The standard InChI is InChI=1S/C21H26FNO2/c1-24-20-9-7-17(22)15-19(20)21-10-8-18(25-21)12-14-23-13-11-16-5-3-2-4-6-16/h2-7,9,15,18,21,23H,8,10-14H2,1H3/t18-,21-/m0/s1. The summed E-state index contributed by atoms with van der Waals surface area (Å²) in [7, 11) is 1.61. The molecule has 0 bridgehead atoms. The molecule has 0 unspecified atom stereocenters. The number of ether oxygens (including phenoxy) is 2. The molecule has 0 aliphatic carbocycles. The fourth-order valence-corrected chi connectivity index (χ4v) is 3.37. The van der Waals surface area contributed by atoms with Gasteiger partial charge in [0.15, 0.2) is 0 Å². The average Bonchev–Trinajstić information content (AvgIpc) is 3.11. The van der Waals surface area contributed by atoms with E-state index in [1.165, 1.54) is 17.7 Å². The lowest BCUT2D eigenvalue weighted by molar-refractivity contribution is 0.0388. The van der Waals surface area contributed by atoms with Crippen LogP contribution in [0.25, 0.3) is 0 Å². The van der Waals surface area contributed by atoms with Gasteiger partial charge in [0.1, 0.15) is 11.6 Å². The van der Waals surface area contributed by atoms with Crippen LogP contribution >= 0.6 is 0 Å². The van der Waals surface area contributed by atoms with Gasteiger partial charge in [0.05, 0.1) is 19.3 Å². The molecule has 1 aliphatic heterocycles. The monoisotopic (exact) mass is 343 g/mol. The predicted molar refractivity (Wildman–Crippen MR) is 97.4 cm³/mol. The number of methoxy groups -OCH3 is 1. The van der Waals surface area contributed by atoms with Crippen molar-refractivity contribution in [2.75, 3.05) is 20.2 Å². The molecule has 3 rings (SSSR count). The second-order valence-electron chi connectivity index (χ2n) is 6.48. The number of benzene rings is 2. The molecule has 0 amide bonds. The zero-order chi connectivity index (χ0) is 17.5. The molecule has 25 heavy (non-hydrogen) atoms. The van der Waals surface area contributed by atoms with Crippen molar-refractivity contribution in [3.8, 4) is 5.75 Å². The number of rotatable bonds is 8. The van der Waals surface area contributed by atoms with E-state index in [2.05, 4.69) is 29.6 Å². The van der Waals surface area contributed by atoms with Crippen LogP contribution in [0.4, 0.5) is 4.39 Å². The van der Waals surface area contributed by atoms with Crippen molar-refractivity contribution in [3.63, 3.8) is 0 Å². The summed E-state index contributed by atoms with van der Waals surface area (Å²) in [6, 6.07) is 15.1. The van der Waals surface area contributed by atoms with Gasteiger partial charge in [0.2, 0.25) is 0 Å². The van der Waals surface area contributed by atoms with Gasteiger partial charge in [-0.05, 0) is 62.5 Å². The van der Waals surface area contributed by atoms with E-state index in [-0.39, 0.29) is 18.0 Å². The maximum Gasteiger partial charge on any atom is 0.124 e. The van der Waals surface area contributed by atoms with Crippen molar-refractivity contribution >= 4 is 0 Å². The molecule has 4 heteroatoms. The smallest absolute Gasteiger partial charge is 0.124 e. The van der Waals surface area contributed by atoms with Crippen molar-refractivity contribution in [3.05, 3.63) is 65.5 Å². The van der Waals surface area contributed by atoms with Gasteiger partial charge in [-0.25, -0.2) is 4.39 Å². The molecule has 0 saturated carbocycles. The molecular formula is C21H26FNO2. The number of hydrogen-bond donors (Lipinski definition) is 1. The molecule has 1 N–H and O–H groups in total. The van der Waals surface area contributed by atoms with Crippen LogP contribution in [0.15, 0.2) is 48.5 Å². The lowest BCUT2D eigenvalue weighted by atomic mass is 10.0. The molecule has 1 heterocycles. The first kappa shape index (κ1) is 17.9. The van der Waals surface area contributed by atoms with Crippen molar-refractivity contribution in [2.24, 2.45) is 0 Å². The van der Waals surface area contributed by atoms with Crippen molar-refractivity contribution in [1.82, 2.24) is 5.32 Å². The number of nitrogens with one attached hydrogen (secondary N) is 1. The minimum absolute atomic E-state index is 0.0695. The molecule has 134 valence electrons. The van der Waals surface area contributed by atoms with Gasteiger partial charge in [0, 0.05) is 5.56 Å². The van der Waals surface area contributed by atoms with Gasteiger partial charge in [-0.2, -0.15) is 0 Å². The van der Waals surface area contributed by atoms with Crippen LogP contribution in [0.5, 0.6) is 5.75 Å². The molecule has 2 atom stereocenters. The van der Waals surface area contributed by atoms with Crippen LogP contribution in [0.1, 0.15) is 36.5 Å². The van der Waals surface area contributed by atoms with Gasteiger partial charge in [-0.15, -0.1) is 0 Å². The van der Waals surface area contributed by atoms with E-state index in [0.29, 0.717) is 5.75 Å². The van der Waals surface area contributed by atoms with Crippen LogP contribution in [-0.2, 0) is 11.2 Å². The summed E-state index contributed by atoms with van der Waals surface area (Å²) in [5, 5.41) is 3.48. The topological polar surface area (TPSA) is 30.5 Å². The molecule has 0 radical (unpaired) electrons. The highest BCUT2D eigenvalue weighted by Gasteiger charge is 2.28. The zero-order valence-corrected chi connectivity index (χ0v) is 14.7. The molecule has 0 aromatic heterocycles. The first-order valence-corrected chi connectivity index (χ1v) is 9.00. The van der Waals surface area contributed by atoms with Crippen molar-refractivity contribution in [2.45, 2.75) is 37.9 Å². The minimum Gasteiger partial charge on any atom is -0.496 e. The third kappa shape index (κ3) is 5.03. The fourth-order valence-electron chi connectivity index (χ4n) is 3.37. The van der Waals surface area contributed by atoms with E-state index in [1.54, 1.807) is 13.2 Å². The third-order valence-corrected chi connectivity index (χ3v) is 4.72. The van der Waals surface area contributed by atoms with Crippen LogP contribution in [0, 0.1) is 5.82 Å². The zero-order valence-electron chi connectivity index (χ0n) is 14.7. The van der Waals surface area contributed by atoms with Gasteiger partial charge in [0.25, 0.3) is 0 Å². The van der Waals surface area contributed by atoms with Crippen molar-refractivity contribution in [1.29, 1.82) is 0 Å². The Morgan fingerprint density at radius 2 is 1.96 bits per heavy atom. The van der Waals surface area contributed by atoms with Gasteiger partial charge >= 0.3 is 0 Å². The Bertz CT molecular complexity index is 662. The molecule has 2 aromatic rings. The van der Waals surface area contributed by atoms with Crippen LogP contribution in [0.2, 0.25) is 0 Å². The van der Waals surface area contributed by atoms with Gasteiger partial charge in [-0.3, -0.25) is 0 Å². The second kappa shape index (κ2) is 8.97. The summed E-state index contributed by atoms with van der Waals surface area (Å²) in [6.45, 7) is 1.91. The Labute approximate surface area is 149 Å². The molecular weight excluding hydrogens is 317 g/mol. The van der Waals surface area contributed by atoms with E-state index in [0.717, 1.165) is 44.3 Å². The first-order chi connectivity index (χ1) is 12.3. The van der Waals surface area contributed by atoms with Crippen LogP contribution < -0.4 is 10.1 Å². The van der Waals surface area contributed by atoms with Crippen molar-refractivity contribution < 1.29 is 13.9 Å². The molecule has 1 saturated heterocycles. The van der Waals surface area contributed by atoms with Gasteiger partial charge < -0.3 is 14.8 Å². The average molecular weight is 343 g/mol. The molecule has 3 nitrogen and oxygen atoms in total. The van der Waals surface area contributed by atoms with Gasteiger partial charge in [-0.1, -0.05) is 30.3 Å². The molecule has 1 aliphatic rings. The minimum atomic E-state index is -0.245. The largest absolute Gasteiger partial charge is 0.496 e. The summed E-state index contributed by atoms with van der Waals surface area (Å²) in [5.74, 6) is 0.457. The Morgan fingerprint density at radius 1 is 1.12 bits per heavy atom. The number of halogens is 1. The van der Waals surface area contributed by atoms with E-state index in [9.17, 15) is 4.39 Å². The van der Waals surface area contributed by atoms with E-state index in [4.69, 9.17) is 9.47 Å². The first-order valence-electron chi connectivity index (χ1n) is 9.00. The predicted octanol–water partition coefficient (Wildman–Crippen LogP) is 4.28. The van der Waals surface area contributed by atoms with Crippen LogP contribution in [0.3, 0.4) is 0 Å². The molecule has 1 fully saturated rings. The van der Waals surface area contributed by atoms with E-state index in [1.807, 2.05) is 6.07 Å². The Morgan fingerprint density at radius 3 is 2.76 bits per heavy atom. The summed E-state index contributed by atoms with van der Waals surface area (Å²) < 4.78 is 25.0. The lowest BCUT2D eigenvalue weighted by Crippen LogP contribution is -2.22. The quantitative estimate of drug-likeness (QED) is 0.726.